The first-order valence-corrected chi connectivity index (χ1v) is 7.55. The Hall–Kier alpha value is -1.30. The summed E-state index contributed by atoms with van der Waals surface area (Å²) >= 11 is 0. The Kier molecular flexibility index (Phi) is 5.23. The second kappa shape index (κ2) is 6.92. The smallest absolute Gasteiger partial charge is 0.315 e. The molecule has 114 valence electrons. The lowest BCUT2D eigenvalue weighted by Crippen LogP contribution is -2.50. The Balaban J connectivity index is 1.65. The molecule has 20 heavy (non-hydrogen) atoms. The van der Waals surface area contributed by atoms with E-state index >= 15 is 0 Å². The van der Waals surface area contributed by atoms with Crippen molar-refractivity contribution < 1.29 is 14.7 Å². The van der Waals surface area contributed by atoms with Crippen LogP contribution in [0.2, 0.25) is 0 Å². The summed E-state index contributed by atoms with van der Waals surface area (Å²) in [5.74, 6) is -0.872. The number of nitrogens with one attached hydrogen (secondary N) is 2. The first-order chi connectivity index (χ1) is 9.54. The van der Waals surface area contributed by atoms with Gasteiger partial charge in [0.05, 0.1) is 0 Å². The summed E-state index contributed by atoms with van der Waals surface area (Å²) in [6.07, 6.45) is 4.65. The molecule has 0 saturated carbocycles. The number of urea groups is 1. The summed E-state index contributed by atoms with van der Waals surface area (Å²) in [7, 11) is 0. The number of hydrogen-bond donors (Lipinski definition) is 3. The fourth-order valence-corrected chi connectivity index (χ4v) is 3.23. The Labute approximate surface area is 119 Å². The number of fused-ring (bicyclic) bond motifs is 1. The third-order valence-electron chi connectivity index (χ3n) is 4.29. The van der Waals surface area contributed by atoms with E-state index in [4.69, 9.17) is 5.11 Å². The van der Waals surface area contributed by atoms with Crippen molar-refractivity contribution in [3.05, 3.63) is 0 Å². The standard InChI is InChI=1S/C14H25N3O3/c1-10(7-13(18)19)9-15-14(20)16-11-4-6-17-5-2-3-12(17)8-11/h10-12H,2-9H2,1H3,(H,18,19)(H2,15,16,20). The zero-order valence-electron chi connectivity index (χ0n) is 12.1. The van der Waals surface area contributed by atoms with Crippen molar-refractivity contribution >= 4 is 12.0 Å². The number of carbonyl (C=O) groups excluding carboxylic acids is 1. The van der Waals surface area contributed by atoms with Crippen LogP contribution in [0.5, 0.6) is 0 Å². The van der Waals surface area contributed by atoms with E-state index in [0.717, 1.165) is 19.4 Å². The van der Waals surface area contributed by atoms with Gasteiger partial charge in [-0.25, -0.2) is 4.79 Å². The maximum atomic E-state index is 11.8. The van der Waals surface area contributed by atoms with Crippen molar-refractivity contribution in [2.75, 3.05) is 19.6 Å². The topological polar surface area (TPSA) is 81.7 Å². The molecule has 0 aliphatic carbocycles. The molecule has 2 fully saturated rings. The molecule has 0 aromatic heterocycles. The molecule has 2 aliphatic heterocycles. The van der Waals surface area contributed by atoms with Crippen LogP contribution in [-0.2, 0) is 4.79 Å². The minimum absolute atomic E-state index is 0.0464. The van der Waals surface area contributed by atoms with E-state index in [1.165, 1.54) is 19.4 Å². The fourth-order valence-electron chi connectivity index (χ4n) is 3.23. The van der Waals surface area contributed by atoms with E-state index in [9.17, 15) is 9.59 Å². The van der Waals surface area contributed by atoms with Crippen molar-refractivity contribution in [1.29, 1.82) is 0 Å². The van der Waals surface area contributed by atoms with Crippen LogP contribution in [0.15, 0.2) is 0 Å². The van der Waals surface area contributed by atoms with Gasteiger partial charge in [0.1, 0.15) is 0 Å². The maximum Gasteiger partial charge on any atom is 0.315 e. The number of piperidine rings is 1. The molecule has 3 atom stereocenters. The van der Waals surface area contributed by atoms with Crippen molar-refractivity contribution in [2.24, 2.45) is 5.92 Å². The highest BCUT2D eigenvalue weighted by Crippen LogP contribution is 2.26. The van der Waals surface area contributed by atoms with Crippen molar-refractivity contribution in [3.8, 4) is 0 Å². The van der Waals surface area contributed by atoms with Crippen LogP contribution in [0.4, 0.5) is 4.79 Å². The highest BCUT2D eigenvalue weighted by atomic mass is 16.4. The number of carbonyl (C=O) groups is 2. The Morgan fingerprint density at radius 1 is 1.35 bits per heavy atom. The number of hydrogen-bond acceptors (Lipinski definition) is 3. The normalized spacial score (nSPS) is 27.6. The average molecular weight is 283 g/mol. The van der Waals surface area contributed by atoms with Gasteiger partial charge < -0.3 is 20.6 Å². The molecular formula is C14H25N3O3. The van der Waals surface area contributed by atoms with Gasteiger partial charge in [0.25, 0.3) is 0 Å². The minimum Gasteiger partial charge on any atom is -0.481 e. The van der Waals surface area contributed by atoms with E-state index < -0.39 is 5.97 Å². The average Bonchev–Trinajstić information content (AvgIpc) is 2.83. The maximum absolute atomic E-state index is 11.8. The van der Waals surface area contributed by atoms with Crippen LogP contribution in [0.1, 0.15) is 39.0 Å². The molecule has 3 unspecified atom stereocenters. The van der Waals surface area contributed by atoms with Crippen LogP contribution in [0, 0.1) is 5.92 Å². The molecular weight excluding hydrogens is 258 g/mol. The number of aliphatic carboxylic acids is 1. The number of nitrogens with zero attached hydrogens (tertiary/aromatic N) is 1. The first kappa shape index (κ1) is 15.1. The van der Waals surface area contributed by atoms with E-state index in [1.807, 2.05) is 6.92 Å². The Morgan fingerprint density at radius 2 is 2.15 bits per heavy atom. The number of amides is 2. The first-order valence-electron chi connectivity index (χ1n) is 7.55. The summed E-state index contributed by atoms with van der Waals surface area (Å²) < 4.78 is 0. The van der Waals surface area contributed by atoms with Crippen LogP contribution in [0.3, 0.4) is 0 Å². The molecule has 3 N–H and O–H groups in total. The summed E-state index contributed by atoms with van der Waals surface area (Å²) in [5.41, 5.74) is 0. The third-order valence-corrected chi connectivity index (χ3v) is 4.29. The summed E-state index contributed by atoms with van der Waals surface area (Å²) in [5, 5.41) is 14.4. The number of carboxylic acid groups (broad SMARTS) is 1. The van der Waals surface area contributed by atoms with Crippen LogP contribution >= 0.6 is 0 Å². The predicted molar refractivity (Wildman–Crippen MR) is 75.6 cm³/mol. The second-order valence-electron chi connectivity index (χ2n) is 6.11. The van der Waals surface area contributed by atoms with Gasteiger partial charge in [0.15, 0.2) is 0 Å². The van der Waals surface area contributed by atoms with Gasteiger partial charge in [0.2, 0.25) is 0 Å². The van der Waals surface area contributed by atoms with Crippen molar-refractivity contribution in [2.45, 2.75) is 51.1 Å². The van der Waals surface area contributed by atoms with E-state index in [-0.39, 0.29) is 24.4 Å². The van der Waals surface area contributed by atoms with Crippen LogP contribution in [-0.4, -0.2) is 53.7 Å². The second-order valence-corrected chi connectivity index (χ2v) is 6.11. The van der Waals surface area contributed by atoms with E-state index in [0.29, 0.717) is 12.6 Å². The van der Waals surface area contributed by atoms with Gasteiger partial charge in [0, 0.05) is 31.6 Å². The molecule has 2 heterocycles. The SMILES string of the molecule is CC(CNC(=O)NC1CCN2CCCC2C1)CC(=O)O. The largest absolute Gasteiger partial charge is 0.481 e. The number of rotatable bonds is 5. The summed E-state index contributed by atoms with van der Waals surface area (Å²) in [6.45, 7) is 4.51. The number of carboxylic acids is 1. The molecule has 2 rings (SSSR count). The van der Waals surface area contributed by atoms with Crippen LogP contribution in [0.25, 0.3) is 0 Å². The third kappa shape index (κ3) is 4.37. The van der Waals surface area contributed by atoms with Crippen LogP contribution < -0.4 is 10.6 Å². The van der Waals surface area contributed by atoms with Crippen molar-refractivity contribution in [3.63, 3.8) is 0 Å². The fraction of sp³-hybridized carbons (Fsp3) is 0.857. The summed E-state index contributed by atoms with van der Waals surface area (Å²) in [6, 6.07) is 0.725. The monoisotopic (exact) mass is 283 g/mol. The summed E-state index contributed by atoms with van der Waals surface area (Å²) in [4.78, 5) is 24.9. The lowest BCUT2D eigenvalue weighted by Gasteiger charge is -2.35. The molecule has 2 amide bonds. The quantitative estimate of drug-likeness (QED) is 0.703. The van der Waals surface area contributed by atoms with Gasteiger partial charge in [-0.3, -0.25) is 4.79 Å². The molecule has 0 aromatic carbocycles. The Bertz CT molecular complexity index is 362. The van der Waals surface area contributed by atoms with Gasteiger partial charge in [-0.15, -0.1) is 0 Å². The van der Waals surface area contributed by atoms with E-state index in [1.54, 1.807) is 0 Å². The molecule has 2 saturated heterocycles. The van der Waals surface area contributed by atoms with E-state index in [2.05, 4.69) is 15.5 Å². The van der Waals surface area contributed by atoms with Gasteiger partial charge in [-0.05, 0) is 38.1 Å². The molecule has 6 nitrogen and oxygen atoms in total. The molecule has 0 radical (unpaired) electrons. The van der Waals surface area contributed by atoms with Gasteiger partial charge in [-0.2, -0.15) is 0 Å². The molecule has 0 bridgehead atoms. The van der Waals surface area contributed by atoms with Gasteiger partial charge in [-0.1, -0.05) is 6.92 Å². The predicted octanol–water partition coefficient (Wildman–Crippen LogP) is 1.02. The lowest BCUT2D eigenvalue weighted by molar-refractivity contribution is -0.137. The molecule has 0 aromatic rings. The zero-order chi connectivity index (χ0) is 14.5. The zero-order valence-corrected chi connectivity index (χ0v) is 12.1. The molecule has 2 aliphatic rings. The highest BCUT2D eigenvalue weighted by Gasteiger charge is 2.32. The highest BCUT2D eigenvalue weighted by molar-refractivity contribution is 5.74. The van der Waals surface area contributed by atoms with Crippen molar-refractivity contribution in [1.82, 2.24) is 15.5 Å². The minimum atomic E-state index is -0.826. The van der Waals surface area contributed by atoms with Gasteiger partial charge >= 0.3 is 12.0 Å². The lowest BCUT2D eigenvalue weighted by atomic mass is 9.98. The Morgan fingerprint density at radius 3 is 2.90 bits per heavy atom. The molecule has 0 spiro atoms. The molecule has 6 heteroatoms.